The van der Waals surface area contributed by atoms with Gasteiger partial charge in [-0.25, -0.2) is 0 Å². The van der Waals surface area contributed by atoms with Crippen molar-refractivity contribution in [1.82, 2.24) is 0 Å². The molecule has 0 bridgehead atoms. The second-order valence-corrected chi connectivity index (χ2v) is 5.15. The summed E-state index contributed by atoms with van der Waals surface area (Å²) >= 11 is 0. The molecule has 14 heavy (non-hydrogen) atoms. The van der Waals surface area contributed by atoms with Crippen molar-refractivity contribution < 1.29 is 5.11 Å². The van der Waals surface area contributed by atoms with E-state index >= 15 is 0 Å². The van der Waals surface area contributed by atoms with Gasteiger partial charge >= 0.3 is 0 Å². The minimum atomic E-state index is -0.590. The van der Waals surface area contributed by atoms with Crippen molar-refractivity contribution >= 4 is 0 Å². The Morgan fingerprint density at radius 2 is 1.93 bits per heavy atom. The first-order valence-corrected chi connectivity index (χ1v) is 5.92. The number of aliphatic hydroxyl groups is 1. The maximum Gasteiger partial charge on any atom is 0.0713 e. The van der Waals surface area contributed by atoms with Gasteiger partial charge in [0.25, 0.3) is 0 Å². The van der Waals surface area contributed by atoms with Crippen LogP contribution in [0.1, 0.15) is 52.9 Å². The monoisotopic (exact) mass is 199 g/mol. The minimum Gasteiger partial charge on any atom is -0.389 e. The summed E-state index contributed by atoms with van der Waals surface area (Å²) in [6, 6.07) is 0. The van der Waals surface area contributed by atoms with E-state index < -0.39 is 5.60 Å². The fraction of sp³-hybridized carbons (Fsp3) is 1.00. The van der Waals surface area contributed by atoms with Gasteiger partial charge in [-0.05, 0) is 25.7 Å². The van der Waals surface area contributed by atoms with E-state index in [1.807, 2.05) is 6.92 Å². The van der Waals surface area contributed by atoms with Crippen molar-refractivity contribution in [3.05, 3.63) is 0 Å². The van der Waals surface area contributed by atoms with Gasteiger partial charge in [-0.1, -0.05) is 33.1 Å². The van der Waals surface area contributed by atoms with Gasteiger partial charge in [-0.2, -0.15) is 0 Å². The first-order chi connectivity index (χ1) is 6.50. The highest BCUT2D eigenvalue weighted by Crippen LogP contribution is 2.49. The van der Waals surface area contributed by atoms with E-state index in [4.69, 9.17) is 5.73 Å². The molecule has 2 nitrogen and oxygen atoms in total. The molecule has 2 atom stereocenters. The molecule has 0 aromatic heterocycles. The summed E-state index contributed by atoms with van der Waals surface area (Å²) in [5, 5.41) is 10.7. The van der Waals surface area contributed by atoms with Crippen LogP contribution in [-0.2, 0) is 0 Å². The van der Waals surface area contributed by atoms with Crippen molar-refractivity contribution in [2.75, 3.05) is 6.54 Å². The Morgan fingerprint density at radius 3 is 2.29 bits per heavy atom. The summed E-state index contributed by atoms with van der Waals surface area (Å²) < 4.78 is 0. The van der Waals surface area contributed by atoms with Gasteiger partial charge in [0.15, 0.2) is 0 Å². The molecule has 0 aromatic rings. The van der Waals surface area contributed by atoms with Gasteiger partial charge in [-0.15, -0.1) is 0 Å². The zero-order chi connectivity index (χ0) is 10.8. The van der Waals surface area contributed by atoms with Gasteiger partial charge < -0.3 is 10.8 Å². The van der Waals surface area contributed by atoms with E-state index in [2.05, 4.69) is 13.8 Å². The van der Waals surface area contributed by atoms with Crippen molar-refractivity contribution in [1.29, 1.82) is 0 Å². The van der Waals surface area contributed by atoms with Gasteiger partial charge in [0.2, 0.25) is 0 Å². The zero-order valence-electron chi connectivity index (χ0n) is 9.84. The molecular weight excluding hydrogens is 174 g/mol. The quantitative estimate of drug-likeness (QED) is 0.730. The Kier molecular flexibility index (Phi) is 3.59. The average molecular weight is 199 g/mol. The molecule has 84 valence electrons. The largest absolute Gasteiger partial charge is 0.389 e. The lowest BCUT2D eigenvalue weighted by Gasteiger charge is -2.46. The van der Waals surface area contributed by atoms with Gasteiger partial charge in [0.1, 0.15) is 0 Å². The first kappa shape index (κ1) is 12.0. The molecule has 2 unspecified atom stereocenters. The minimum absolute atomic E-state index is 0.0115. The van der Waals surface area contributed by atoms with Crippen LogP contribution in [0.3, 0.4) is 0 Å². The number of nitrogens with two attached hydrogens (primary N) is 1. The van der Waals surface area contributed by atoms with Crippen LogP contribution >= 0.6 is 0 Å². The SMILES string of the molecule is CCC(C)C(C)(O)C1(CN)CCCC1. The van der Waals surface area contributed by atoms with Crippen molar-refractivity contribution in [3.8, 4) is 0 Å². The standard InChI is InChI=1S/C12H25NO/c1-4-10(2)11(3,14)12(9-13)7-5-6-8-12/h10,14H,4-9,13H2,1-3H3. The number of hydrogen-bond donors (Lipinski definition) is 2. The van der Waals surface area contributed by atoms with Crippen molar-refractivity contribution in [2.24, 2.45) is 17.1 Å². The van der Waals surface area contributed by atoms with Gasteiger partial charge in [0, 0.05) is 12.0 Å². The molecule has 0 spiro atoms. The van der Waals surface area contributed by atoms with Crippen LogP contribution in [0, 0.1) is 11.3 Å². The molecule has 0 aromatic carbocycles. The highest BCUT2D eigenvalue weighted by atomic mass is 16.3. The summed E-state index contributed by atoms with van der Waals surface area (Å²) in [7, 11) is 0. The third kappa shape index (κ3) is 1.70. The van der Waals surface area contributed by atoms with Gasteiger partial charge in [-0.3, -0.25) is 0 Å². The van der Waals surface area contributed by atoms with E-state index in [1.54, 1.807) is 0 Å². The third-order valence-electron chi connectivity index (χ3n) is 4.60. The van der Waals surface area contributed by atoms with E-state index in [0.717, 1.165) is 19.3 Å². The molecule has 1 aliphatic carbocycles. The normalized spacial score (nSPS) is 27.2. The topological polar surface area (TPSA) is 46.2 Å². The molecule has 0 aliphatic heterocycles. The van der Waals surface area contributed by atoms with Crippen molar-refractivity contribution in [2.45, 2.75) is 58.5 Å². The average Bonchev–Trinajstić information content (AvgIpc) is 2.66. The van der Waals surface area contributed by atoms with Gasteiger partial charge in [0.05, 0.1) is 5.60 Å². The predicted molar refractivity (Wildman–Crippen MR) is 60.0 cm³/mol. The summed E-state index contributed by atoms with van der Waals surface area (Å²) in [6.07, 6.45) is 5.67. The fourth-order valence-electron chi connectivity index (χ4n) is 2.89. The highest BCUT2D eigenvalue weighted by Gasteiger charge is 2.49. The molecule has 1 saturated carbocycles. The maximum atomic E-state index is 10.7. The smallest absolute Gasteiger partial charge is 0.0713 e. The maximum absolute atomic E-state index is 10.7. The second kappa shape index (κ2) is 4.19. The summed E-state index contributed by atoms with van der Waals surface area (Å²) in [4.78, 5) is 0. The van der Waals surface area contributed by atoms with E-state index in [9.17, 15) is 5.11 Å². The molecule has 3 N–H and O–H groups in total. The lowest BCUT2D eigenvalue weighted by Crippen LogP contribution is -2.53. The van der Waals surface area contributed by atoms with E-state index in [1.165, 1.54) is 12.8 Å². The lowest BCUT2D eigenvalue weighted by molar-refractivity contribution is -0.103. The Balaban J connectivity index is 2.86. The number of rotatable bonds is 4. The van der Waals surface area contributed by atoms with Crippen LogP contribution in [0.15, 0.2) is 0 Å². The third-order valence-corrected chi connectivity index (χ3v) is 4.60. The Bertz CT molecular complexity index is 183. The van der Waals surface area contributed by atoms with Crippen LogP contribution in [0.5, 0.6) is 0 Å². The Morgan fingerprint density at radius 1 is 1.43 bits per heavy atom. The van der Waals surface area contributed by atoms with Crippen LogP contribution in [0.4, 0.5) is 0 Å². The Labute approximate surface area is 87.9 Å². The van der Waals surface area contributed by atoms with Crippen LogP contribution in [-0.4, -0.2) is 17.3 Å². The number of hydrogen-bond acceptors (Lipinski definition) is 2. The fourth-order valence-corrected chi connectivity index (χ4v) is 2.89. The molecule has 2 heteroatoms. The molecule has 1 aliphatic rings. The summed E-state index contributed by atoms with van der Waals surface area (Å²) in [5.41, 5.74) is 5.29. The molecule has 0 radical (unpaired) electrons. The van der Waals surface area contributed by atoms with Crippen molar-refractivity contribution in [3.63, 3.8) is 0 Å². The van der Waals surface area contributed by atoms with Crippen LogP contribution < -0.4 is 5.73 Å². The van der Waals surface area contributed by atoms with Crippen LogP contribution in [0.25, 0.3) is 0 Å². The predicted octanol–water partition coefficient (Wildman–Crippen LogP) is 2.30. The highest BCUT2D eigenvalue weighted by molar-refractivity contribution is 5.01. The molecule has 1 fully saturated rings. The Hall–Kier alpha value is -0.0800. The molecule has 0 amide bonds. The molecule has 0 saturated heterocycles. The van der Waals surface area contributed by atoms with E-state index in [-0.39, 0.29) is 5.41 Å². The first-order valence-electron chi connectivity index (χ1n) is 5.92. The lowest BCUT2D eigenvalue weighted by atomic mass is 9.65. The summed E-state index contributed by atoms with van der Waals surface area (Å²) in [5.74, 6) is 0.337. The second-order valence-electron chi connectivity index (χ2n) is 5.15. The van der Waals surface area contributed by atoms with E-state index in [0.29, 0.717) is 12.5 Å². The molecular formula is C12H25NO. The summed E-state index contributed by atoms with van der Waals surface area (Å²) in [6.45, 7) is 6.89. The molecule has 1 rings (SSSR count). The molecule has 0 heterocycles. The van der Waals surface area contributed by atoms with Crippen LogP contribution in [0.2, 0.25) is 0 Å². The zero-order valence-corrected chi connectivity index (χ0v) is 9.84.